The molecule has 1 aromatic carbocycles. The quantitative estimate of drug-likeness (QED) is 0.711. The van der Waals surface area contributed by atoms with Gasteiger partial charge in [-0.15, -0.1) is 0 Å². The van der Waals surface area contributed by atoms with Crippen molar-refractivity contribution in [3.8, 4) is 0 Å². The standard InChI is InChI=1S/C21H25N5O2/c1-13-7-5-6-8-16(13)12-25(4)19(27)10-9-17-14(2)24-21-18(20(22)28)11-23-26(21)15(17)3/h5-8,11H,9-10,12H2,1-4H3,(H2,22,28). The lowest BCUT2D eigenvalue weighted by molar-refractivity contribution is -0.130. The molecular weight excluding hydrogens is 354 g/mol. The van der Waals surface area contributed by atoms with Crippen molar-refractivity contribution in [1.82, 2.24) is 19.5 Å². The number of primary amides is 1. The lowest BCUT2D eigenvalue weighted by atomic mass is 10.1. The van der Waals surface area contributed by atoms with Crippen molar-refractivity contribution in [1.29, 1.82) is 0 Å². The average Bonchev–Trinajstić information content (AvgIpc) is 3.07. The predicted octanol–water partition coefficient (Wildman–Crippen LogP) is 2.34. The van der Waals surface area contributed by atoms with Crippen molar-refractivity contribution >= 4 is 17.5 Å². The second kappa shape index (κ2) is 7.80. The average molecular weight is 379 g/mol. The predicted molar refractivity (Wildman–Crippen MR) is 107 cm³/mol. The molecule has 0 spiro atoms. The van der Waals surface area contributed by atoms with Gasteiger partial charge in [-0.25, -0.2) is 9.50 Å². The molecule has 146 valence electrons. The molecular formula is C21H25N5O2. The number of benzene rings is 1. The van der Waals surface area contributed by atoms with Crippen molar-refractivity contribution in [3.63, 3.8) is 0 Å². The lowest BCUT2D eigenvalue weighted by Gasteiger charge is -2.19. The maximum atomic E-state index is 12.6. The smallest absolute Gasteiger partial charge is 0.254 e. The molecule has 28 heavy (non-hydrogen) atoms. The van der Waals surface area contributed by atoms with E-state index in [4.69, 9.17) is 5.73 Å². The monoisotopic (exact) mass is 379 g/mol. The minimum atomic E-state index is -0.554. The molecule has 2 aromatic heterocycles. The van der Waals surface area contributed by atoms with Crippen molar-refractivity contribution < 1.29 is 9.59 Å². The molecule has 0 fully saturated rings. The zero-order chi connectivity index (χ0) is 20.4. The molecule has 7 nitrogen and oxygen atoms in total. The first kappa shape index (κ1) is 19.5. The zero-order valence-electron chi connectivity index (χ0n) is 16.7. The first-order valence-corrected chi connectivity index (χ1v) is 9.21. The second-order valence-corrected chi connectivity index (χ2v) is 7.10. The Labute approximate surface area is 164 Å². The lowest BCUT2D eigenvalue weighted by Crippen LogP contribution is -2.27. The van der Waals surface area contributed by atoms with Crippen LogP contribution in [0.2, 0.25) is 0 Å². The molecule has 0 bridgehead atoms. The van der Waals surface area contributed by atoms with Gasteiger partial charge in [-0.3, -0.25) is 9.59 Å². The summed E-state index contributed by atoms with van der Waals surface area (Å²) in [5, 5.41) is 4.23. The van der Waals surface area contributed by atoms with Crippen LogP contribution in [0, 0.1) is 20.8 Å². The maximum absolute atomic E-state index is 12.6. The van der Waals surface area contributed by atoms with Gasteiger partial charge in [0.15, 0.2) is 5.65 Å². The second-order valence-electron chi connectivity index (χ2n) is 7.10. The molecule has 0 atom stereocenters. The number of hydrogen-bond donors (Lipinski definition) is 1. The summed E-state index contributed by atoms with van der Waals surface area (Å²) in [6.45, 7) is 6.42. The summed E-state index contributed by atoms with van der Waals surface area (Å²) in [6.07, 6.45) is 2.37. The number of rotatable bonds is 6. The van der Waals surface area contributed by atoms with Crippen LogP contribution in [-0.4, -0.2) is 38.4 Å². The van der Waals surface area contributed by atoms with E-state index in [1.54, 1.807) is 9.42 Å². The minimum Gasteiger partial charge on any atom is -0.365 e. The number of nitrogens with zero attached hydrogens (tertiary/aromatic N) is 4. The van der Waals surface area contributed by atoms with Crippen LogP contribution in [0.4, 0.5) is 0 Å². The Morgan fingerprint density at radius 2 is 1.89 bits per heavy atom. The third-order valence-corrected chi connectivity index (χ3v) is 5.16. The number of fused-ring (bicyclic) bond motifs is 1. The maximum Gasteiger partial charge on any atom is 0.254 e. The van der Waals surface area contributed by atoms with E-state index >= 15 is 0 Å². The highest BCUT2D eigenvalue weighted by Gasteiger charge is 2.18. The highest BCUT2D eigenvalue weighted by molar-refractivity contribution is 5.98. The Kier molecular flexibility index (Phi) is 5.44. The van der Waals surface area contributed by atoms with Crippen molar-refractivity contribution in [2.75, 3.05) is 7.05 Å². The largest absolute Gasteiger partial charge is 0.365 e. The molecule has 2 heterocycles. The van der Waals surface area contributed by atoms with Crippen LogP contribution in [-0.2, 0) is 17.8 Å². The molecule has 0 aliphatic heterocycles. The summed E-state index contributed by atoms with van der Waals surface area (Å²) in [5.41, 5.74) is 11.1. The Morgan fingerprint density at radius 3 is 2.57 bits per heavy atom. The van der Waals surface area contributed by atoms with Gasteiger partial charge in [-0.05, 0) is 43.9 Å². The number of aryl methyl sites for hydroxylation is 3. The van der Waals surface area contributed by atoms with E-state index in [0.717, 1.165) is 22.5 Å². The van der Waals surface area contributed by atoms with E-state index in [1.165, 1.54) is 11.8 Å². The van der Waals surface area contributed by atoms with Gasteiger partial charge >= 0.3 is 0 Å². The van der Waals surface area contributed by atoms with Crippen LogP contribution in [0.15, 0.2) is 30.5 Å². The van der Waals surface area contributed by atoms with Gasteiger partial charge in [0, 0.05) is 31.4 Å². The zero-order valence-corrected chi connectivity index (χ0v) is 16.7. The highest BCUT2D eigenvalue weighted by atomic mass is 16.2. The summed E-state index contributed by atoms with van der Waals surface area (Å²) in [7, 11) is 1.82. The van der Waals surface area contributed by atoms with Crippen LogP contribution in [0.1, 0.15) is 44.9 Å². The fourth-order valence-electron chi connectivity index (χ4n) is 3.40. The summed E-state index contributed by atoms with van der Waals surface area (Å²) in [6, 6.07) is 8.07. The first-order chi connectivity index (χ1) is 13.3. The molecule has 7 heteroatoms. The van der Waals surface area contributed by atoms with Gasteiger partial charge in [0.25, 0.3) is 5.91 Å². The normalized spacial score (nSPS) is 11.0. The fourth-order valence-corrected chi connectivity index (χ4v) is 3.40. The Morgan fingerprint density at radius 1 is 1.18 bits per heavy atom. The van der Waals surface area contributed by atoms with Gasteiger partial charge in [0.1, 0.15) is 5.56 Å². The molecule has 0 aliphatic carbocycles. The third kappa shape index (κ3) is 3.74. The van der Waals surface area contributed by atoms with Crippen LogP contribution < -0.4 is 5.73 Å². The Balaban J connectivity index is 1.75. The number of carbonyl (C=O) groups excluding carboxylic acids is 2. The van der Waals surface area contributed by atoms with Crippen LogP contribution in [0.3, 0.4) is 0 Å². The van der Waals surface area contributed by atoms with E-state index in [1.807, 2.05) is 52.1 Å². The SMILES string of the molecule is Cc1ccccc1CN(C)C(=O)CCc1c(C)nc2c(C(N)=O)cnn2c1C. The molecule has 0 radical (unpaired) electrons. The molecule has 0 unspecified atom stereocenters. The van der Waals surface area contributed by atoms with Gasteiger partial charge in [0.2, 0.25) is 5.91 Å². The van der Waals surface area contributed by atoms with Gasteiger partial charge in [0.05, 0.1) is 6.20 Å². The number of hydrogen-bond acceptors (Lipinski definition) is 4. The molecule has 0 saturated carbocycles. The first-order valence-electron chi connectivity index (χ1n) is 9.21. The van der Waals surface area contributed by atoms with E-state index in [0.29, 0.717) is 30.6 Å². The minimum absolute atomic E-state index is 0.0699. The summed E-state index contributed by atoms with van der Waals surface area (Å²) in [4.78, 5) is 30.4. The van der Waals surface area contributed by atoms with Gasteiger partial charge in [-0.2, -0.15) is 5.10 Å². The van der Waals surface area contributed by atoms with Gasteiger partial charge in [-0.1, -0.05) is 24.3 Å². The third-order valence-electron chi connectivity index (χ3n) is 5.16. The van der Waals surface area contributed by atoms with E-state index in [-0.39, 0.29) is 5.91 Å². The van der Waals surface area contributed by atoms with Crippen molar-refractivity contribution in [2.24, 2.45) is 5.73 Å². The Hall–Kier alpha value is -3.22. The molecule has 0 aliphatic rings. The number of amides is 2. The van der Waals surface area contributed by atoms with E-state index in [2.05, 4.69) is 10.1 Å². The topological polar surface area (TPSA) is 93.6 Å². The molecule has 3 rings (SSSR count). The molecule has 3 aromatic rings. The molecule has 2 amide bonds. The highest BCUT2D eigenvalue weighted by Crippen LogP contribution is 2.19. The Bertz CT molecular complexity index is 1050. The van der Waals surface area contributed by atoms with Crippen molar-refractivity contribution in [3.05, 3.63) is 64.1 Å². The van der Waals surface area contributed by atoms with Crippen LogP contribution in [0.5, 0.6) is 0 Å². The summed E-state index contributed by atoms with van der Waals surface area (Å²) >= 11 is 0. The van der Waals surface area contributed by atoms with E-state index < -0.39 is 5.91 Å². The number of nitrogens with two attached hydrogens (primary N) is 1. The number of carbonyl (C=O) groups is 2. The number of aromatic nitrogens is 3. The fraction of sp³-hybridized carbons (Fsp3) is 0.333. The summed E-state index contributed by atoms with van der Waals surface area (Å²) in [5.74, 6) is -0.484. The van der Waals surface area contributed by atoms with E-state index in [9.17, 15) is 9.59 Å². The van der Waals surface area contributed by atoms with Crippen LogP contribution >= 0.6 is 0 Å². The summed E-state index contributed by atoms with van der Waals surface area (Å²) < 4.78 is 1.62. The van der Waals surface area contributed by atoms with Gasteiger partial charge < -0.3 is 10.6 Å². The van der Waals surface area contributed by atoms with Crippen LogP contribution in [0.25, 0.3) is 5.65 Å². The molecule has 0 saturated heterocycles. The molecule has 2 N–H and O–H groups in total. The van der Waals surface area contributed by atoms with Crippen molar-refractivity contribution in [2.45, 2.75) is 40.2 Å².